The first kappa shape index (κ1) is 10.9. The Balaban J connectivity index is 4.49. The molecule has 0 unspecified atom stereocenters. The molecule has 0 N–H and O–H groups in total. The van der Waals surface area contributed by atoms with Crippen molar-refractivity contribution in [3.63, 3.8) is 0 Å². The molecule has 0 radical (unpaired) electrons. The predicted octanol–water partition coefficient (Wildman–Crippen LogP) is 1.33. The zero-order valence-corrected chi connectivity index (χ0v) is 7.88. The van der Waals surface area contributed by atoms with Crippen molar-refractivity contribution in [2.24, 2.45) is 5.92 Å². The summed E-state index contributed by atoms with van der Waals surface area (Å²) in [5, 5.41) is 0. The molecule has 0 aliphatic carbocycles. The minimum Gasteiger partial charge on any atom is -0.493 e. The Hall–Kier alpha value is -1.12. The van der Waals surface area contributed by atoms with Crippen molar-refractivity contribution in [2.45, 2.75) is 20.8 Å². The minimum atomic E-state index is -0.230. The van der Waals surface area contributed by atoms with Gasteiger partial charge in [0.15, 0.2) is 17.3 Å². The summed E-state index contributed by atoms with van der Waals surface area (Å²) in [7, 11) is 1.38. The minimum absolute atomic E-state index is 0.0953. The number of ketones is 2. The Morgan fingerprint density at radius 2 is 1.83 bits per heavy atom. The Labute approximate surface area is 72.4 Å². The van der Waals surface area contributed by atoms with Gasteiger partial charge in [0.1, 0.15) is 0 Å². The number of hydrogen-bond donors (Lipinski definition) is 0. The highest BCUT2D eigenvalue weighted by Crippen LogP contribution is 2.02. The smallest absolute Gasteiger partial charge is 0.194 e. The van der Waals surface area contributed by atoms with E-state index in [9.17, 15) is 9.59 Å². The van der Waals surface area contributed by atoms with Gasteiger partial charge in [0, 0.05) is 18.9 Å². The van der Waals surface area contributed by atoms with E-state index in [1.54, 1.807) is 13.8 Å². The van der Waals surface area contributed by atoms with E-state index in [2.05, 4.69) is 0 Å². The van der Waals surface area contributed by atoms with Crippen LogP contribution in [0, 0.1) is 5.92 Å². The topological polar surface area (TPSA) is 43.4 Å². The summed E-state index contributed by atoms with van der Waals surface area (Å²) in [6.45, 7) is 4.90. The molecular formula is C9H14O3. The highest BCUT2D eigenvalue weighted by molar-refractivity contribution is 6.00. The van der Waals surface area contributed by atoms with Crippen molar-refractivity contribution in [1.82, 2.24) is 0 Å². The van der Waals surface area contributed by atoms with Crippen molar-refractivity contribution in [1.29, 1.82) is 0 Å². The number of methoxy groups -OCH3 is 1. The van der Waals surface area contributed by atoms with E-state index < -0.39 is 0 Å². The quantitative estimate of drug-likeness (QED) is 0.472. The van der Waals surface area contributed by atoms with E-state index in [1.807, 2.05) is 0 Å². The van der Waals surface area contributed by atoms with Crippen LogP contribution in [0.4, 0.5) is 0 Å². The summed E-state index contributed by atoms with van der Waals surface area (Å²) in [6.07, 6.45) is 1.24. The van der Waals surface area contributed by atoms with Crippen LogP contribution in [0.2, 0.25) is 0 Å². The molecule has 0 aliphatic heterocycles. The fourth-order valence-electron chi connectivity index (χ4n) is 0.600. The largest absolute Gasteiger partial charge is 0.493 e. The van der Waals surface area contributed by atoms with Crippen LogP contribution in [0.5, 0.6) is 0 Å². The van der Waals surface area contributed by atoms with Crippen molar-refractivity contribution < 1.29 is 14.3 Å². The number of carbonyl (C=O) groups is 2. The molecule has 0 bridgehead atoms. The molecule has 0 atom stereocenters. The molecule has 0 saturated carbocycles. The van der Waals surface area contributed by atoms with Crippen molar-refractivity contribution >= 4 is 11.6 Å². The van der Waals surface area contributed by atoms with E-state index in [1.165, 1.54) is 20.1 Å². The van der Waals surface area contributed by atoms with E-state index in [-0.39, 0.29) is 23.2 Å². The molecule has 12 heavy (non-hydrogen) atoms. The molecule has 0 aromatic heterocycles. The lowest BCUT2D eigenvalue weighted by molar-refractivity contribution is -0.119. The Morgan fingerprint density at radius 3 is 2.08 bits per heavy atom. The number of Topliss-reactive ketones (excluding diaryl/α,β-unsaturated/α-hetero) is 1. The molecule has 68 valence electrons. The molecule has 0 aromatic rings. The Kier molecular flexibility index (Phi) is 4.26. The first-order valence-corrected chi connectivity index (χ1v) is 3.79. The van der Waals surface area contributed by atoms with Crippen LogP contribution in [-0.2, 0) is 14.3 Å². The number of rotatable bonds is 4. The van der Waals surface area contributed by atoms with E-state index in [4.69, 9.17) is 4.74 Å². The number of carbonyl (C=O) groups excluding carboxylic acids is 2. The second-order valence-electron chi connectivity index (χ2n) is 2.83. The lowest BCUT2D eigenvalue weighted by Gasteiger charge is -2.02. The Bertz CT molecular complexity index is 214. The van der Waals surface area contributed by atoms with E-state index >= 15 is 0 Å². The average Bonchev–Trinajstić information content (AvgIpc) is 1.98. The molecule has 0 spiro atoms. The second kappa shape index (κ2) is 4.70. The third kappa shape index (κ3) is 3.32. The monoisotopic (exact) mass is 170 g/mol. The molecule has 3 heteroatoms. The van der Waals surface area contributed by atoms with Gasteiger partial charge in [0.2, 0.25) is 0 Å². The third-order valence-corrected chi connectivity index (χ3v) is 1.41. The summed E-state index contributed by atoms with van der Waals surface area (Å²) in [4.78, 5) is 21.9. The van der Waals surface area contributed by atoms with Gasteiger partial charge in [-0.2, -0.15) is 0 Å². The van der Waals surface area contributed by atoms with Gasteiger partial charge < -0.3 is 4.74 Å². The van der Waals surface area contributed by atoms with Crippen LogP contribution in [0.1, 0.15) is 20.8 Å². The van der Waals surface area contributed by atoms with Gasteiger partial charge in [-0.25, -0.2) is 0 Å². The molecule has 0 aliphatic rings. The van der Waals surface area contributed by atoms with Crippen molar-refractivity contribution in [2.75, 3.05) is 7.11 Å². The predicted molar refractivity (Wildman–Crippen MR) is 45.6 cm³/mol. The lowest BCUT2D eigenvalue weighted by atomic mass is 10.1. The molecule has 3 nitrogen and oxygen atoms in total. The molecule has 0 amide bonds. The summed E-state index contributed by atoms with van der Waals surface area (Å²) >= 11 is 0. The number of ether oxygens (including phenoxy) is 1. The normalized spacial score (nSPS) is 11.6. The van der Waals surface area contributed by atoms with E-state index in [0.29, 0.717) is 0 Å². The zero-order valence-electron chi connectivity index (χ0n) is 7.88. The summed E-state index contributed by atoms with van der Waals surface area (Å²) < 4.78 is 4.72. The van der Waals surface area contributed by atoms with Crippen LogP contribution in [0.3, 0.4) is 0 Å². The third-order valence-electron chi connectivity index (χ3n) is 1.41. The average molecular weight is 170 g/mol. The maximum atomic E-state index is 11.1. The maximum absolute atomic E-state index is 11.1. The standard InChI is InChI=1S/C9H14O3/c1-6(2)8(11)5-9(12-4)7(3)10/h5-6H,1-4H3/b9-5+. The SMILES string of the molecule is CO/C(=C/C(=O)C(C)C)C(C)=O. The summed E-state index contributed by atoms with van der Waals surface area (Å²) in [6, 6.07) is 0. The summed E-state index contributed by atoms with van der Waals surface area (Å²) in [5.74, 6) is -0.309. The first-order valence-electron chi connectivity index (χ1n) is 3.79. The molecule has 0 saturated heterocycles. The number of hydrogen-bond acceptors (Lipinski definition) is 3. The second-order valence-corrected chi connectivity index (χ2v) is 2.83. The van der Waals surface area contributed by atoms with Crippen molar-refractivity contribution in [3.05, 3.63) is 11.8 Å². The van der Waals surface area contributed by atoms with Gasteiger partial charge in [-0.15, -0.1) is 0 Å². The lowest BCUT2D eigenvalue weighted by Crippen LogP contribution is -2.08. The molecule has 0 fully saturated rings. The van der Waals surface area contributed by atoms with E-state index in [0.717, 1.165) is 0 Å². The van der Waals surface area contributed by atoms with Crippen LogP contribution >= 0.6 is 0 Å². The fourth-order valence-corrected chi connectivity index (χ4v) is 0.600. The summed E-state index contributed by atoms with van der Waals surface area (Å²) in [5.41, 5.74) is 0. The highest BCUT2D eigenvalue weighted by atomic mass is 16.5. The maximum Gasteiger partial charge on any atom is 0.194 e. The van der Waals surface area contributed by atoms with Crippen LogP contribution in [0.15, 0.2) is 11.8 Å². The van der Waals surface area contributed by atoms with Gasteiger partial charge in [-0.05, 0) is 0 Å². The van der Waals surface area contributed by atoms with Gasteiger partial charge >= 0.3 is 0 Å². The number of allylic oxidation sites excluding steroid dienone is 2. The van der Waals surface area contributed by atoms with Crippen LogP contribution in [0.25, 0.3) is 0 Å². The van der Waals surface area contributed by atoms with Crippen LogP contribution in [-0.4, -0.2) is 18.7 Å². The van der Waals surface area contributed by atoms with Crippen LogP contribution < -0.4 is 0 Å². The zero-order chi connectivity index (χ0) is 9.72. The molecule has 0 heterocycles. The first-order chi connectivity index (χ1) is 5.49. The van der Waals surface area contributed by atoms with Gasteiger partial charge in [0.05, 0.1) is 7.11 Å². The highest BCUT2D eigenvalue weighted by Gasteiger charge is 2.09. The molecule has 0 rings (SSSR count). The van der Waals surface area contributed by atoms with Gasteiger partial charge in [-0.3, -0.25) is 9.59 Å². The molecular weight excluding hydrogens is 156 g/mol. The fraction of sp³-hybridized carbons (Fsp3) is 0.556. The van der Waals surface area contributed by atoms with Gasteiger partial charge in [-0.1, -0.05) is 13.8 Å². The van der Waals surface area contributed by atoms with Crippen molar-refractivity contribution in [3.8, 4) is 0 Å². The Morgan fingerprint density at radius 1 is 1.33 bits per heavy atom. The van der Waals surface area contributed by atoms with Gasteiger partial charge in [0.25, 0.3) is 0 Å². The molecule has 0 aromatic carbocycles.